The average Bonchev–Trinajstić information content (AvgIpc) is 3.71. The van der Waals surface area contributed by atoms with Crippen LogP contribution in [0.5, 0.6) is 5.75 Å². The second kappa shape index (κ2) is 11.1. The fourth-order valence-electron chi connectivity index (χ4n) is 6.30. The number of nitrogens with one attached hydrogen (secondary N) is 1. The van der Waals surface area contributed by atoms with Gasteiger partial charge in [0.15, 0.2) is 0 Å². The van der Waals surface area contributed by atoms with Gasteiger partial charge in [-0.25, -0.2) is 0 Å². The van der Waals surface area contributed by atoms with Gasteiger partial charge >= 0.3 is 12.1 Å². The van der Waals surface area contributed by atoms with Gasteiger partial charge in [-0.2, -0.15) is 13.2 Å². The number of piperidine rings is 1. The van der Waals surface area contributed by atoms with Crippen LogP contribution >= 0.6 is 0 Å². The third-order valence-corrected chi connectivity index (χ3v) is 8.36. The SMILES string of the molecule is CC(=O)Oc1cccc([C@@]23CCN(CC4CC4)C[C@H]2CC[C@@H](NC(=O)C#Cc2ccc(C(F)(F)F)cc2)C3)c1. The fourth-order valence-corrected chi connectivity index (χ4v) is 6.30. The van der Waals surface area contributed by atoms with Gasteiger partial charge in [-0.15, -0.1) is 0 Å². The monoisotopic (exact) mass is 538 g/mol. The smallest absolute Gasteiger partial charge is 0.416 e. The Kier molecular flexibility index (Phi) is 7.73. The molecule has 5 rings (SSSR count). The van der Waals surface area contributed by atoms with E-state index in [1.54, 1.807) is 6.07 Å². The summed E-state index contributed by atoms with van der Waals surface area (Å²) in [6, 6.07) is 12.2. The van der Waals surface area contributed by atoms with Crippen LogP contribution in [0, 0.1) is 23.7 Å². The van der Waals surface area contributed by atoms with Crippen molar-refractivity contribution >= 4 is 11.9 Å². The molecular formula is C31H33F3N2O3. The molecule has 5 nitrogen and oxygen atoms in total. The number of likely N-dealkylation sites (tertiary alicyclic amines) is 1. The van der Waals surface area contributed by atoms with Gasteiger partial charge in [-0.3, -0.25) is 9.59 Å². The molecule has 3 aliphatic rings. The van der Waals surface area contributed by atoms with Crippen LogP contribution in [0.15, 0.2) is 48.5 Å². The van der Waals surface area contributed by atoms with E-state index < -0.39 is 17.6 Å². The van der Waals surface area contributed by atoms with Crippen LogP contribution in [0.25, 0.3) is 0 Å². The van der Waals surface area contributed by atoms with E-state index in [1.165, 1.54) is 31.9 Å². The van der Waals surface area contributed by atoms with Crippen molar-refractivity contribution in [3.63, 3.8) is 0 Å². The second-order valence-electron chi connectivity index (χ2n) is 11.2. The maximum atomic E-state index is 12.8. The molecule has 8 heteroatoms. The predicted octanol–water partition coefficient (Wildman–Crippen LogP) is 5.32. The van der Waals surface area contributed by atoms with Crippen LogP contribution in [-0.4, -0.2) is 42.5 Å². The molecule has 1 aliphatic heterocycles. The number of hydrogen-bond donors (Lipinski definition) is 1. The molecular weight excluding hydrogens is 505 g/mol. The van der Waals surface area contributed by atoms with Crippen molar-refractivity contribution in [2.24, 2.45) is 11.8 Å². The number of esters is 1. The van der Waals surface area contributed by atoms with Gasteiger partial charge in [0.25, 0.3) is 5.91 Å². The first-order chi connectivity index (χ1) is 18.6. The molecule has 2 aromatic rings. The number of halogens is 3. The van der Waals surface area contributed by atoms with Crippen LogP contribution in [0.3, 0.4) is 0 Å². The number of fused-ring (bicyclic) bond motifs is 1. The van der Waals surface area contributed by atoms with Gasteiger partial charge < -0.3 is 15.0 Å². The summed E-state index contributed by atoms with van der Waals surface area (Å²) in [4.78, 5) is 26.9. The van der Waals surface area contributed by atoms with Crippen molar-refractivity contribution in [1.29, 1.82) is 0 Å². The normalized spacial score (nSPS) is 25.1. The van der Waals surface area contributed by atoms with E-state index in [1.807, 2.05) is 12.1 Å². The number of ether oxygens (including phenoxy) is 1. The summed E-state index contributed by atoms with van der Waals surface area (Å²) in [6.45, 7) is 4.55. The molecule has 2 aromatic carbocycles. The minimum Gasteiger partial charge on any atom is -0.427 e. The summed E-state index contributed by atoms with van der Waals surface area (Å²) in [5.74, 6) is 6.21. The molecule has 1 amide bonds. The molecule has 1 N–H and O–H groups in total. The lowest BCUT2D eigenvalue weighted by atomic mass is 9.58. The summed E-state index contributed by atoms with van der Waals surface area (Å²) < 4.78 is 43.8. The van der Waals surface area contributed by atoms with Crippen LogP contribution < -0.4 is 10.1 Å². The molecule has 0 radical (unpaired) electrons. The minimum atomic E-state index is -4.41. The Morgan fingerprint density at radius 2 is 1.87 bits per heavy atom. The third-order valence-electron chi connectivity index (χ3n) is 8.36. The molecule has 3 atom stereocenters. The molecule has 2 saturated carbocycles. The predicted molar refractivity (Wildman–Crippen MR) is 141 cm³/mol. The third kappa shape index (κ3) is 6.65. The highest BCUT2D eigenvalue weighted by Gasteiger charge is 2.48. The zero-order chi connectivity index (χ0) is 27.6. The van der Waals surface area contributed by atoms with Crippen LogP contribution in [0.4, 0.5) is 13.2 Å². The Bertz CT molecular complexity index is 1280. The number of hydrogen-bond acceptors (Lipinski definition) is 4. The van der Waals surface area contributed by atoms with E-state index in [0.29, 0.717) is 17.2 Å². The summed E-state index contributed by atoms with van der Waals surface area (Å²) in [6.07, 6.45) is 1.72. The Morgan fingerprint density at radius 1 is 1.10 bits per heavy atom. The Balaban J connectivity index is 1.31. The first-order valence-electron chi connectivity index (χ1n) is 13.6. The summed E-state index contributed by atoms with van der Waals surface area (Å²) >= 11 is 0. The van der Waals surface area contributed by atoms with Crippen LogP contribution in [-0.2, 0) is 21.2 Å². The van der Waals surface area contributed by atoms with Gasteiger partial charge in [-0.05, 0) is 98.9 Å². The largest absolute Gasteiger partial charge is 0.427 e. The first kappa shape index (κ1) is 27.3. The maximum Gasteiger partial charge on any atom is 0.416 e. The summed E-state index contributed by atoms with van der Waals surface area (Å²) in [7, 11) is 0. The lowest BCUT2D eigenvalue weighted by Crippen LogP contribution is -2.56. The quantitative estimate of drug-likeness (QED) is 0.318. The van der Waals surface area contributed by atoms with E-state index in [-0.39, 0.29) is 17.4 Å². The van der Waals surface area contributed by atoms with Gasteiger partial charge in [-0.1, -0.05) is 18.1 Å². The van der Waals surface area contributed by atoms with Crippen LogP contribution in [0.2, 0.25) is 0 Å². The Labute approximate surface area is 227 Å². The highest BCUT2D eigenvalue weighted by Crippen LogP contribution is 2.50. The highest BCUT2D eigenvalue weighted by molar-refractivity contribution is 5.94. The molecule has 206 valence electrons. The number of amides is 1. The van der Waals surface area contributed by atoms with Crippen molar-refractivity contribution < 1.29 is 27.5 Å². The molecule has 3 fully saturated rings. The highest BCUT2D eigenvalue weighted by atomic mass is 19.4. The first-order valence-corrected chi connectivity index (χ1v) is 13.6. The number of nitrogens with zero attached hydrogens (tertiary/aromatic N) is 1. The second-order valence-corrected chi connectivity index (χ2v) is 11.2. The van der Waals surface area contributed by atoms with Crippen molar-refractivity contribution in [3.05, 3.63) is 65.2 Å². The average molecular weight is 539 g/mol. The van der Waals surface area contributed by atoms with Crippen molar-refractivity contribution in [1.82, 2.24) is 10.2 Å². The van der Waals surface area contributed by atoms with Gasteiger partial charge in [0, 0.05) is 43.0 Å². The van der Waals surface area contributed by atoms with E-state index in [4.69, 9.17) is 4.74 Å². The Morgan fingerprint density at radius 3 is 2.56 bits per heavy atom. The molecule has 0 aromatic heterocycles. The molecule has 2 aliphatic carbocycles. The van der Waals surface area contributed by atoms with Gasteiger partial charge in [0.05, 0.1) is 5.56 Å². The fraction of sp³-hybridized carbons (Fsp3) is 0.484. The standard InChI is InChI=1S/C31H33F3N2O3/c1-21(37)39-28-4-2-3-25(17-28)30-15-16-36(19-23-5-6-23)20-26(30)12-13-27(18-30)35-29(38)14-9-22-7-10-24(11-8-22)31(32,33)34/h2-4,7-8,10-11,17,23,26-27H,5-6,12-13,15-16,18-20H2,1H3,(H,35,38)/t26-,27-,30+/m1/s1. The molecule has 1 saturated heterocycles. The van der Waals surface area contributed by atoms with Gasteiger partial charge in [0.1, 0.15) is 5.75 Å². The molecule has 0 spiro atoms. The van der Waals surface area contributed by atoms with Crippen molar-refractivity contribution in [3.8, 4) is 17.6 Å². The summed E-state index contributed by atoms with van der Waals surface area (Å²) in [5.41, 5.74) is 0.573. The van der Waals surface area contributed by atoms with Crippen molar-refractivity contribution in [2.75, 3.05) is 19.6 Å². The zero-order valence-corrected chi connectivity index (χ0v) is 22.0. The van der Waals surface area contributed by atoms with E-state index in [2.05, 4.69) is 28.1 Å². The van der Waals surface area contributed by atoms with E-state index in [0.717, 1.165) is 68.9 Å². The number of rotatable bonds is 5. The van der Waals surface area contributed by atoms with Crippen LogP contribution in [0.1, 0.15) is 62.1 Å². The molecule has 0 unspecified atom stereocenters. The molecule has 0 bridgehead atoms. The molecule has 1 heterocycles. The lowest BCUT2D eigenvalue weighted by molar-refractivity contribution is -0.137. The zero-order valence-electron chi connectivity index (χ0n) is 22.0. The van der Waals surface area contributed by atoms with Gasteiger partial charge in [0.2, 0.25) is 0 Å². The Hall–Kier alpha value is -3.31. The van der Waals surface area contributed by atoms with E-state index in [9.17, 15) is 22.8 Å². The number of benzene rings is 2. The number of carbonyl (C=O) groups is 2. The minimum absolute atomic E-state index is 0.0805. The lowest BCUT2D eigenvalue weighted by Gasteiger charge is -2.53. The summed E-state index contributed by atoms with van der Waals surface area (Å²) in [5, 5.41) is 3.06. The topological polar surface area (TPSA) is 58.6 Å². The maximum absolute atomic E-state index is 12.8. The number of carbonyl (C=O) groups excluding carboxylic acids is 2. The van der Waals surface area contributed by atoms with Crippen molar-refractivity contribution in [2.45, 2.75) is 63.1 Å². The number of alkyl halides is 3. The van der Waals surface area contributed by atoms with E-state index >= 15 is 0 Å². The molecule has 39 heavy (non-hydrogen) atoms.